The van der Waals surface area contributed by atoms with E-state index in [0.717, 1.165) is 51.8 Å². The Morgan fingerprint density at radius 3 is 2.27 bits per heavy atom. The van der Waals surface area contributed by atoms with Gasteiger partial charge in [-0.1, -0.05) is 146 Å². The first-order valence-electron chi connectivity index (χ1n) is 20.9. The van der Waals surface area contributed by atoms with Crippen LogP contribution in [0.15, 0.2) is 198 Å². The molecule has 2 unspecified atom stereocenters. The van der Waals surface area contributed by atoms with Crippen LogP contribution in [-0.4, -0.2) is 4.57 Å². The topological polar surface area (TPSA) is 21.3 Å². The van der Waals surface area contributed by atoms with Crippen molar-refractivity contribution in [2.45, 2.75) is 18.9 Å². The molecule has 0 saturated heterocycles. The molecular weight excluding hydrogens is 749 g/mol. The van der Waals surface area contributed by atoms with E-state index in [1.165, 1.54) is 70.2 Å². The van der Waals surface area contributed by atoms with Crippen LogP contribution in [0.25, 0.3) is 65.3 Å². The molecule has 0 spiro atoms. The Labute approximate surface area is 351 Å². The van der Waals surface area contributed by atoms with Crippen molar-refractivity contribution in [1.29, 1.82) is 0 Å². The van der Waals surface area contributed by atoms with Crippen LogP contribution in [0, 0.1) is 5.92 Å². The van der Waals surface area contributed by atoms with Gasteiger partial charge < -0.3 is 13.9 Å². The summed E-state index contributed by atoms with van der Waals surface area (Å²) in [6.07, 6.45) is 16.1. The molecule has 13 rings (SSSR count). The molecule has 3 aliphatic rings. The molecule has 60 heavy (non-hydrogen) atoms. The van der Waals surface area contributed by atoms with E-state index >= 15 is 0 Å². The Morgan fingerprint density at radius 1 is 0.617 bits per heavy atom. The Morgan fingerprint density at radius 2 is 1.35 bits per heavy atom. The Balaban J connectivity index is 0.995. The average molecular weight is 787 g/mol. The van der Waals surface area contributed by atoms with Gasteiger partial charge in [0.25, 0.3) is 0 Å². The van der Waals surface area contributed by atoms with Gasteiger partial charge in [0.15, 0.2) is 5.58 Å². The first kappa shape index (κ1) is 33.8. The predicted octanol–water partition coefficient (Wildman–Crippen LogP) is 15.3. The van der Waals surface area contributed by atoms with Crippen molar-refractivity contribution in [2.24, 2.45) is 5.92 Å². The maximum absolute atomic E-state index is 6.69. The SMILES string of the molecule is C1=CC2=Cc3c(n(C4C=C(c5ccc(N(c6cccc7ccccc67)c6cccc7c6oc6ccccc67)cc5)c5sc6ccccc6c5C4)c4ccccc34)CC2C=C1. The van der Waals surface area contributed by atoms with Crippen LogP contribution < -0.4 is 4.90 Å². The number of benzene rings is 7. The second kappa shape index (κ2) is 13.2. The number of nitrogens with zero attached hydrogens (tertiary/aromatic N) is 2. The van der Waals surface area contributed by atoms with E-state index in [0.29, 0.717) is 5.92 Å². The monoisotopic (exact) mass is 786 g/mol. The largest absolute Gasteiger partial charge is 0.454 e. The van der Waals surface area contributed by atoms with E-state index in [2.05, 4.69) is 198 Å². The number of rotatable bonds is 5. The number of hydrogen-bond donors (Lipinski definition) is 0. The Hall–Kier alpha value is -7.14. The minimum absolute atomic E-state index is 0.162. The molecule has 0 aliphatic heterocycles. The van der Waals surface area contributed by atoms with Crippen molar-refractivity contribution in [1.82, 2.24) is 4.57 Å². The fourth-order valence-electron chi connectivity index (χ4n) is 10.4. The van der Waals surface area contributed by atoms with E-state index in [9.17, 15) is 0 Å². The van der Waals surface area contributed by atoms with Gasteiger partial charge in [0, 0.05) is 59.5 Å². The number of anilines is 3. The lowest BCUT2D eigenvalue weighted by molar-refractivity contribution is 0.574. The summed E-state index contributed by atoms with van der Waals surface area (Å²) in [5.74, 6) is 0.401. The number of fused-ring (bicyclic) bond motifs is 11. The molecule has 2 atom stereocenters. The summed E-state index contributed by atoms with van der Waals surface area (Å²) >= 11 is 1.93. The molecule has 0 amide bonds. The van der Waals surface area contributed by atoms with Crippen LogP contribution in [0.4, 0.5) is 17.1 Å². The molecule has 3 aliphatic carbocycles. The smallest absolute Gasteiger partial charge is 0.159 e. The number of allylic oxidation sites excluding steroid dienone is 6. The van der Waals surface area contributed by atoms with Gasteiger partial charge in [-0.15, -0.1) is 11.3 Å². The van der Waals surface area contributed by atoms with Crippen molar-refractivity contribution in [3.63, 3.8) is 0 Å². The number of para-hydroxylation sites is 3. The minimum atomic E-state index is 0.162. The molecule has 0 bridgehead atoms. The summed E-state index contributed by atoms with van der Waals surface area (Å²) in [7, 11) is 0. The zero-order valence-corrected chi connectivity index (χ0v) is 33.6. The second-order valence-electron chi connectivity index (χ2n) is 16.3. The van der Waals surface area contributed by atoms with E-state index in [-0.39, 0.29) is 6.04 Å². The second-order valence-corrected chi connectivity index (χ2v) is 17.4. The molecule has 3 heterocycles. The van der Waals surface area contributed by atoms with Crippen molar-refractivity contribution in [2.75, 3.05) is 4.90 Å². The van der Waals surface area contributed by atoms with Gasteiger partial charge in [0.05, 0.1) is 17.4 Å². The number of aromatic nitrogens is 1. The number of thiophene rings is 1. The molecule has 0 saturated carbocycles. The average Bonchev–Trinajstić information content (AvgIpc) is 3.98. The third-order valence-corrected chi connectivity index (χ3v) is 14.3. The summed E-state index contributed by atoms with van der Waals surface area (Å²) in [4.78, 5) is 3.76. The zero-order chi connectivity index (χ0) is 39.3. The van der Waals surface area contributed by atoms with Gasteiger partial charge in [-0.05, 0) is 94.4 Å². The summed E-state index contributed by atoms with van der Waals surface area (Å²) in [6.45, 7) is 0. The summed E-state index contributed by atoms with van der Waals surface area (Å²) in [5.41, 5.74) is 14.5. The lowest BCUT2D eigenvalue weighted by Crippen LogP contribution is -2.20. The van der Waals surface area contributed by atoms with E-state index < -0.39 is 0 Å². The van der Waals surface area contributed by atoms with Gasteiger partial charge in [0.1, 0.15) is 5.58 Å². The van der Waals surface area contributed by atoms with Crippen molar-refractivity contribution in [3.05, 3.63) is 221 Å². The van der Waals surface area contributed by atoms with Gasteiger partial charge in [-0.2, -0.15) is 0 Å². The maximum Gasteiger partial charge on any atom is 0.159 e. The molecule has 7 aromatic carbocycles. The molecule has 0 radical (unpaired) electrons. The van der Waals surface area contributed by atoms with Crippen LogP contribution in [-0.2, 0) is 12.8 Å². The normalized spacial score (nSPS) is 16.9. The van der Waals surface area contributed by atoms with Crippen LogP contribution >= 0.6 is 11.3 Å². The van der Waals surface area contributed by atoms with Crippen LogP contribution in [0.1, 0.15) is 33.3 Å². The highest BCUT2D eigenvalue weighted by molar-refractivity contribution is 7.20. The minimum Gasteiger partial charge on any atom is -0.454 e. The van der Waals surface area contributed by atoms with E-state index in [4.69, 9.17) is 4.42 Å². The standard InChI is InChI=1S/C56H38N2OS/c1-2-15-38-32-52-47(31-37(38)14-1)42-18-5-8-22-50(42)58(52)40-33-46(56-48(34-40)44-20-7-10-26-54(44)60-56)36-27-29-39(30-28-36)57(49-23-11-16-35-13-3-4-17-41(35)49)51-24-12-21-45-43-19-6-9-25-53(43)59-55(45)51/h1-31,33,38,40H,32,34H2. The summed E-state index contributed by atoms with van der Waals surface area (Å²) in [6, 6.07) is 57.6. The van der Waals surface area contributed by atoms with Crippen LogP contribution in [0.2, 0.25) is 0 Å². The molecule has 0 fully saturated rings. The third-order valence-electron chi connectivity index (χ3n) is 13.1. The summed E-state index contributed by atoms with van der Waals surface area (Å²) < 4.78 is 10.7. The molecule has 3 nitrogen and oxygen atoms in total. The fraction of sp³-hybridized carbons (Fsp3) is 0.0714. The number of hydrogen-bond acceptors (Lipinski definition) is 3. The lowest BCUT2D eigenvalue weighted by Gasteiger charge is -2.30. The van der Waals surface area contributed by atoms with E-state index in [1.807, 2.05) is 17.4 Å². The highest BCUT2D eigenvalue weighted by Crippen LogP contribution is 2.49. The first-order chi connectivity index (χ1) is 29.7. The maximum atomic E-state index is 6.69. The molecule has 0 N–H and O–H groups in total. The Bertz CT molecular complexity index is 3510. The highest BCUT2D eigenvalue weighted by atomic mass is 32.1. The van der Waals surface area contributed by atoms with E-state index in [1.54, 1.807) is 0 Å². The Kier molecular flexibility index (Phi) is 7.43. The fourth-order valence-corrected chi connectivity index (χ4v) is 11.6. The molecule has 4 heteroatoms. The first-order valence-corrected chi connectivity index (χ1v) is 21.8. The molecule has 3 aromatic heterocycles. The van der Waals surface area contributed by atoms with Crippen LogP contribution in [0.3, 0.4) is 0 Å². The summed E-state index contributed by atoms with van der Waals surface area (Å²) in [5, 5.41) is 7.34. The molecule has 284 valence electrons. The number of furan rings is 1. The third kappa shape index (κ3) is 5.07. The van der Waals surface area contributed by atoms with Crippen LogP contribution in [0.5, 0.6) is 0 Å². The van der Waals surface area contributed by atoms with Crippen molar-refractivity contribution >= 4 is 93.7 Å². The lowest BCUT2D eigenvalue weighted by atomic mass is 9.83. The zero-order valence-electron chi connectivity index (χ0n) is 32.8. The van der Waals surface area contributed by atoms with Gasteiger partial charge in [-0.25, -0.2) is 0 Å². The van der Waals surface area contributed by atoms with Gasteiger partial charge in [-0.3, -0.25) is 0 Å². The van der Waals surface area contributed by atoms with Crippen molar-refractivity contribution in [3.8, 4) is 0 Å². The van der Waals surface area contributed by atoms with Gasteiger partial charge in [0.2, 0.25) is 0 Å². The predicted molar refractivity (Wildman–Crippen MR) is 253 cm³/mol. The highest BCUT2D eigenvalue weighted by Gasteiger charge is 2.32. The van der Waals surface area contributed by atoms with Crippen molar-refractivity contribution < 1.29 is 4.42 Å². The molecule has 10 aromatic rings. The molecular formula is C56H38N2OS. The van der Waals surface area contributed by atoms with Gasteiger partial charge >= 0.3 is 0 Å². The quantitative estimate of drug-likeness (QED) is 0.173.